The summed E-state index contributed by atoms with van der Waals surface area (Å²) in [5, 5.41) is 7.01. The molecule has 44 heavy (non-hydrogen) atoms. The first kappa shape index (κ1) is 30.1. The molecule has 0 bridgehead atoms. The summed E-state index contributed by atoms with van der Waals surface area (Å²) in [5.74, 6) is 2.17. The van der Waals surface area contributed by atoms with E-state index in [9.17, 15) is 9.59 Å². The fourth-order valence-electron chi connectivity index (χ4n) is 4.87. The van der Waals surface area contributed by atoms with Crippen LogP contribution in [0.25, 0.3) is 21.9 Å². The van der Waals surface area contributed by atoms with E-state index in [4.69, 9.17) is 24.4 Å². The number of anilines is 2. The smallest absolute Gasteiger partial charge is 0.255 e. The van der Waals surface area contributed by atoms with E-state index in [2.05, 4.69) is 20.6 Å². The minimum atomic E-state index is -0.181. The maximum atomic E-state index is 12.5. The average molecular weight is 598 g/mol. The predicted octanol–water partition coefficient (Wildman–Crippen LogP) is 6.40. The van der Waals surface area contributed by atoms with E-state index in [1.807, 2.05) is 19.1 Å². The molecule has 5 rings (SSSR count). The van der Waals surface area contributed by atoms with Crippen LogP contribution in [-0.2, 0) is 4.79 Å². The van der Waals surface area contributed by atoms with Gasteiger partial charge < -0.3 is 35.0 Å². The van der Waals surface area contributed by atoms with E-state index >= 15 is 0 Å². The van der Waals surface area contributed by atoms with Crippen molar-refractivity contribution < 1.29 is 28.2 Å². The number of methoxy groups -OCH3 is 1. The highest BCUT2D eigenvalue weighted by molar-refractivity contribution is 6.07. The topological polar surface area (TPSA) is 151 Å². The number of amides is 2. The molecule has 11 nitrogen and oxygen atoms in total. The van der Waals surface area contributed by atoms with Crippen molar-refractivity contribution >= 4 is 45.1 Å². The molecule has 2 aromatic heterocycles. The third-order valence-electron chi connectivity index (χ3n) is 7.04. The molecule has 2 amide bonds. The maximum absolute atomic E-state index is 12.5. The molecule has 11 heteroatoms. The molecule has 0 aliphatic rings. The Bertz CT molecular complexity index is 1800. The number of fused-ring (bicyclic) bond motifs is 2. The number of hydrogen-bond donors (Lipinski definition) is 3. The minimum absolute atomic E-state index is 0.0729. The number of ether oxygens (including phenoxy) is 3. The number of nitrogen functional groups attached to an aromatic ring is 1. The maximum Gasteiger partial charge on any atom is 0.255 e. The molecule has 0 saturated heterocycles. The standard InChI is InChI=1S/C33H35N5O6/c1-4-35-32(40)31-20(2)43-27-16-21(13-14-22(27)31)44-33-23-17-29(28(41-3)18-26(23)36-19-37-33)42-15-9-5-6-12-30(39)38-25-11-8-7-10-24(25)34/h7-8,10-11,13-14,16-19H,4-6,9,12,15,34H2,1-3H3,(H,35,40)(H,38,39). The number of carbonyl (C=O) groups is 2. The predicted molar refractivity (Wildman–Crippen MR) is 169 cm³/mol. The van der Waals surface area contributed by atoms with E-state index in [0.29, 0.717) is 93.7 Å². The molecule has 2 heterocycles. The number of hydrogen-bond acceptors (Lipinski definition) is 9. The summed E-state index contributed by atoms with van der Waals surface area (Å²) < 4.78 is 23.6. The number of nitrogens with one attached hydrogen (secondary N) is 2. The molecule has 0 spiro atoms. The normalized spacial score (nSPS) is 11.0. The molecule has 0 radical (unpaired) electrons. The Kier molecular flexibility index (Phi) is 9.43. The van der Waals surface area contributed by atoms with Gasteiger partial charge in [0, 0.05) is 30.5 Å². The quantitative estimate of drug-likeness (QED) is 0.103. The molecule has 3 aromatic carbocycles. The van der Waals surface area contributed by atoms with Crippen molar-refractivity contribution in [1.29, 1.82) is 0 Å². The molecule has 5 aromatic rings. The van der Waals surface area contributed by atoms with Gasteiger partial charge in [-0.15, -0.1) is 0 Å². The van der Waals surface area contributed by atoms with Crippen LogP contribution in [-0.4, -0.2) is 42.0 Å². The van der Waals surface area contributed by atoms with Gasteiger partial charge in [0.05, 0.1) is 41.6 Å². The van der Waals surface area contributed by atoms with E-state index < -0.39 is 0 Å². The Morgan fingerprint density at radius 2 is 1.82 bits per heavy atom. The van der Waals surface area contributed by atoms with Crippen LogP contribution in [0.15, 0.2) is 65.3 Å². The number of unbranched alkanes of at least 4 members (excludes halogenated alkanes) is 2. The van der Waals surface area contributed by atoms with Gasteiger partial charge in [-0.25, -0.2) is 9.97 Å². The lowest BCUT2D eigenvalue weighted by Crippen LogP contribution is -2.22. The molecule has 4 N–H and O–H groups in total. The average Bonchev–Trinajstić information content (AvgIpc) is 3.35. The van der Waals surface area contributed by atoms with E-state index in [1.165, 1.54) is 6.33 Å². The largest absolute Gasteiger partial charge is 0.493 e. The number of furan rings is 1. The number of nitrogens with zero attached hydrogens (tertiary/aromatic N) is 2. The van der Waals surface area contributed by atoms with Crippen LogP contribution in [0.1, 0.15) is 48.7 Å². The van der Waals surface area contributed by atoms with Crippen LogP contribution in [0.4, 0.5) is 11.4 Å². The Hall–Kier alpha value is -5.32. The van der Waals surface area contributed by atoms with Crippen molar-refractivity contribution in [3.63, 3.8) is 0 Å². The van der Waals surface area contributed by atoms with Crippen molar-refractivity contribution in [3.05, 3.63) is 72.2 Å². The fourth-order valence-corrected chi connectivity index (χ4v) is 4.87. The molecule has 228 valence electrons. The second kappa shape index (κ2) is 13.8. The number of aromatic nitrogens is 2. The summed E-state index contributed by atoms with van der Waals surface area (Å²) in [5.41, 5.74) is 8.73. The zero-order chi connectivity index (χ0) is 31.1. The fraction of sp³-hybridized carbons (Fsp3) is 0.273. The molecule has 0 fully saturated rings. The Morgan fingerprint density at radius 3 is 2.61 bits per heavy atom. The van der Waals surface area contributed by atoms with Crippen LogP contribution in [0.2, 0.25) is 0 Å². The van der Waals surface area contributed by atoms with Gasteiger partial charge in [-0.05, 0) is 63.4 Å². The lowest BCUT2D eigenvalue weighted by Gasteiger charge is -2.13. The number of nitrogens with two attached hydrogens (primary N) is 1. The third-order valence-corrected chi connectivity index (χ3v) is 7.04. The van der Waals surface area contributed by atoms with Gasteiger partial charge in [-0.3, -0.25) is 9.59 Å². The summed E-state index contributed by atoms with van der Waals surface area (Å²) in [7, 11) is 1.57. The third kappa shape index (κ3) is 6.83. The zero-order valence-corrected chi connectivity index (χ0v) is 24.9. The van der Waals surface area contributed by atoms with Gasteiger partial charge in [0.2, 0.25) is 11.8 Å². The van der Waals surface area contributed by atoms with Crippen LogP contribution in [0.3, 0.4) is 0 Å². The first-order valence-corrected chi connectivity index (χ1v) is 14.5. The molecule has 0 aliphatic carbocycles. The SMILES string of the molecule is CCNC(=O)c1c(C)oc2cc(Oc3ncnc4cc(OC)c(OCCCCCC(=O)Nc5ccccc5N)cc34)ccc12. The van der Waals surface area contributed by atoms with Crippen LogP contribution in [0.5, 0.6) is 23.1 Å². The van der Waals surface area contributed by atoms with E-state index in [-0.39, 0.29) is 11.8 Å². The molecule has 0 atom stereocenters. The van der Waals surface area contributed by atoms with Gasteiger partial charge in [-0.2, -0.15) is 0 Å². The highest BCUT2D eigenvalue weighted by atomic mass is 16.5. The molecular formula is C33H35N5O6. The van der Waals surface area contributed by atoms with Crippen molar-refractivity contribution in [2.75, 3.05) is 31.3 Å². The van der Waals surface area contributed by atoms with Gasteiger partial charge in [-0.1, -0.05) is 12.1 Å². The zero-order valence-electron chi connectivity index (χ0n) is 24.9. The van der Waals surface area contributed by atoms with Crippen molar-refractivity contribution in [1.82, 2.24) is 15.3 Å². The number of para-hydroxylation sites is 2. The Balaban J connectivity index is 1.23. The summed E-state index contributed by atoms with van der Waals surface area (Å²) >= 11 is 0. The van der Waals surface area contributed by atoms with Crippen LogP contribution in [0, 0.1) is 6.92 Å². The first-order chi connectivity index (χ1) is 21.4. The highest BCUT2D eigenvalue weighted by Crippen LogP contribution is 2.37. The number of carbonyl (C=O) groups excluding carboxylic acids is 2. The second-order valence-corrected chi connectivity index (χ2v) is 10.1. The lowest BCUT2D eigenvalue weighted by molar-refractivity contribution is -0.116. The molecular weight excluding hydrogens is 562 g/mol. The molecule has 0 saturated carbocycles. The van der Waals surface area contributed by atoms with Crippen molar-refractivity contribution in [2.24, 2.45) is 0 Å². The Labute approximate surface area is 254 Å². The highest BCUT2D eigenvalue weighted by Gasteiger charge is 2.19. The summed E-state index contributed by atoms with van der Waals surface area (Å²) in [4.78, 5) is 33.5. The van der Waals surface area contributed by atoms with Gasteiger partial charge >= 0.3 is 0 Å². The van der Waals surface area contributed by atoms with Crippen molar-refractivity contribution in [2.45, 2.75) is 39.5 Å². The number of rotatable bonds is 13. The van der Waals surface area contributed by atoms with E-state index in [0.717, 1.165) is 12.8 Å². The van der Waals surface area contributed by atoms with Gasteiger partial charge in [0.25, 0.3) is 5.91 Å². The van der Waals surface area contributed by atoms with Gasteiger partial charge in [0.15, 0.2) is 11.5 Å². The number of benzene rings is 3. The van der Waals surface area contributed by atoms with Crippen LogP contribution >= 0.6 is 0 Å². The molecule has 0 unspecified atom stereocenters. The summed E-state index contributed by atoms with van der Waals surface area (Å²) in [6.07, 6.45) is 4.08. The monoisotopic (exact) mass is 597 g/mol. The van der Waals surface area contributed by atoms with Gasteiger partial charge in [0.1, 0.15) is 23.4 Å². The minimum Gasteiger partial charge on any atom is -0.493 e. The first-order valence-electron chi connectivity index (χ1n) is 14.5. The second-order valence-electron chi connectivity index (χ2n) is 10.1. The number of aryl methyl sites for hydroxylation is 1. The molecule has 0 aliphatic heterocycles. The summed E-state index contributed by atoms with van der Waals surface area (Å²) in [6, 6.07) is 16.1. The van der Waals surface area contributed by atoms with E-state index in [1.54, 1.807) is 56.5 Å². The van der Waals surface area contributed by atoms with Crippen LogP contribution < -0.4 is 30.6 Å². The van der Waals surface area contributed by atoms with Crippen molar-refractivity contribution in [3.8, 4) is 23.1 Å². The Morgan fingerprint density at radius 1 is 0.977 bits per heavy atom. The summed E-state index contributed by atoms with van der Waals surface area (Å²) in [6.45, 7) is 4.58. The lowest BCUT2D eigenvalue weighted by atomic mass is 10.1.